The molecule has 0 aliphatic carbocycles. The predicted molar refractivity (Wildman–Crippen MR) is 73.5 cm³/mol. The van der Waals surface area contributed by atoms with Crippen LogP contribution in [0.1, 0.15) is 10.4 Å². The van der Waals surface area contributed by atoms with Crippen molar-refractivity contribution in [3.8, 4) is 0 Å². The molecule has 0 bridgehead atoms. The third kappa shape index (κ3) is 3.67. The molecule has 0 nitrogen and oxygen atoms in total. The van der Waals surface area contributed by atoms with Gasteiger partial charge in [0.25, 0.3) is 0 Å². The largest absolute Gasteiger partial charge is 0.152 e. The molecule has 0 fully saturated rings. The van der Waals surface area contributed by atoms with Gasteiger partial charge in [-0.05, 0) is 27.6 Å². The maximum Gasteiger partial charge on any atom is 0.0285 e. The quantitative estimate of drug-likeness (QED) is 0.770. The highest BCUT2D eigenvalue weighted by Crippen LogP contribution is 2.25. The molecule has 2 aromatic rings. The summed E-state index contributed by atoms with van der Waals surface area (Å²) in [5, 5.41) is 2.14. The van der Waals surface area contributed by atoms with Crippen LogP contribution in [-0.2, 0) is 11.5 Å². The molecule has 0 radical (unpaired) electrons. The van der Waals surface area contributed by atoms with E-state index in [4.69, 9.17) is 0 Å². The molecular formula is C12H11BrS2. The molecule has 0 unspecified atom stereocenters. The Morgan fingerprint density at radius 2 is 1.93 bits per heavy atom. The lowest BCUT2D eigenvalue weighted by molar-refractivity contribution is 1.39. The summed E-state index contributed by atoms with van der Waals surface area (Å²) in [5.41, 5.74) is 1.40. The summed E-state index contributed by atoms with van der Waals surface area (Å²) in [7, 11) is 0. The van der Waals surface area contributed by atoms with E-state index in [-0.39, 0.29) is 0 Å². The van der Waals surface area contributed by atoms with Gasteiger partial charge in [-0.25, -0.2) is 0 Å². The van der Waals surface area contributed by atoms with Crippen LogP contribution in [0.2, 0.25) is 0 Å². The normalized spacial score (nSPS) is 10.5. The Bertz CT molecular complexity index is 409. The Labute approximate surface area is 107 Å². The lowest BCUT2D eigenvalue weighted by Crippen LogP contribution is -1.79. The summed E-state index contributed by atoms with van der Waals surface area (Å²) in [6, 6.07) is 12.8. The van der Waals surface area contributed by atoms with Gasteiger partial charge in [0.1, 0.15) is 0 Å². The van der Waals surface area contributed by atoms with Crippen molar-refractivity contribution in [2.24, 2.45) is 0 Å². The van der Waals surface area contributed by atoms with Gasteiger partial charge in [-0.3, -0.25) is 0 Å². The first-order chi connectivity index (χ1) is 7.34. The first-order valence-corrected chi connectivity index (χ1v) is 7.52. The van der Waals surface area contributed by atoms with Crippen molar-refractivity contribution in [2.75, 3.05) is 0 Å². The summed E-state index contributed by atoms with van der Waals surface area (Å²) < 4.78 is 1.20. The van der Waals surface area contributed by atoms with Crippen LogP contribution < -0.4 is 0 Å². The van der Waals surface area contributed by atoms with Crippen molar-refractivity contribution < 1.29 is 0 Å². The fourth-order valence-corrected chi connectivity index (χ4v) is 3.85. The minimum absolute atomic E-state index is 1.09. The van der Waals surface area contributed by atoms with Crippen LogP contribution in [0.4, 0.5) is 0 Å². The zero-order valence-corrected chi connectivity index (χ0v) is 11.4. The molecular weight excluding hydrogens is 288 g/mol. The number of thiophene rings is 1. The van der Waals surface area contributed by atoms with E-state index in [1.807, 2.05) is 23.1 Å². The SMILES string of the molecule is Brc1csc(CSCc2ccccc2)c1. The van der Waals surface area contributed by atoms with Crippen molar-refractivity contribution in [3.05, 3.63) is 56.7 Å². The third-order valence-electron chi connectivity index (χ3n) is 1.98. The standard InChI is InChI=1S/C12H11BrS2/c13-11-6-12(15-8-11)9-14-7-10-4-2-1-3-5-10/h1-6,8H,7,9H2. The van der Waals surface area contributed by atoms with E-state index in [0.717, 1.165) is 11.5 Å². The average molecular weight is 299 g/mol. The van der Waals surface area contributed by atoms with Crippen LogP contribution in [-0.4, -0.2) is 0 Å². The molecule has 0 amide bonds. The van der Waals surface area contributed by atoms with Gasteiger partial charge in [0.15, 0.2) is 0 Å². The van der Waals surface area contributed by atoms with Gasteiger partial charge in [-0.15, -0.1) is 11.3 Å². The summed E-state index contributed by atoms with van der Waals surface area (Å²) in [6.45, 7) is 0. The summed E-state index contributed by atoms with van der Waals surface area (Å²) in [6.07, 6.45) is 0. The highest BCUT2D eigenvalue weighted by molar-refractivity contribution is 9.10. The number of benzene rings is 1. The third-order valence-corrected chi connectivity index (χ3v) is 4.91. The molecule has 78 valence electrons. The second-order valence-corrected chi connectivity index (χ2v) is 6.11. The molecule has 0 aliphatic heterocycles. The summed E-state index contributed by atoms with van der Waals surface area (Å²) in [5.74, 6) is 2.20. The van der Waals surface area contributed by atoms with Gasteiger partial charge in [-0.2, -0.15) is 11.8 Å². The lowest BCUT2D eigenvalue weighted by Gasteiger charge is -1.99. The average Bonchev–Trinajstić information content (AvgIpc) is 2.66. The fraction of sp³-hybridized carbons (Fsp3) is 0.167. The maximum atomic E-state index is 3.47. The van der Waals surface area contributed by atoms with E-state index >= 15 is 0 Å². The van der Waals surface area contributed by atoms with Crippen LogP contribution in [0.5, 0.6) is 0 Å². The molecule has 15 heavy (non-hydrogen) atoms. The first kappa shape index (κ1) is 11.2. The Kier molecular flexibility index (Phi) is 4.29. The molecule has 0 spiro atoms. The highest BCUT2D eigenvalue weighted by atomic mass is 79.9. The Hall–Kier alpha value is -0.250. The molecule has 1 heterocycles. The van der Waals surface area contributed by atoms with E-state index in [2.05, 4.69) is 57.7 Å². The van der Waals surface area contributed by atoms with Crippen molar-refractivity contribution in [2.45, 2.75) is 11.5 Å². The molecule has 0 atom stereocenters. The molecule has 0 aliphatic rings. The fourth-order valence-electron chi connectivity index (χ4n) is 1.27. The van der Waals surface area contributed by atoms with E-state index < -0.39 is 0 Å². The zero-order valence-electron chi connectivity index (χ0n) is 8.15. The first-order valence-electron chi connectivity index (χ1n) is 4.69. The molecule has 3 heteroatoms. The van der Waals surface area contributed by atoms with Gasteiger partial charge in [0.2, 0.25) is 0 Å². The van der Waals surface area contributed by atoms with Gasteiger partial charge in [0, 0.05) is 26.2 Å². The number of halogens is 1. The smallest absolute Gasteiger partial charge is 0.0285 e. The van der Waals surface area contributed by atoms with Crippen LogP contribution in [0, 0.1) is 0 Å². The number of hydrogen-bond acceptors (Lipinski definition) is 2. The lowest BCUT2D eigenvalue weighted by atomic mass is 10.2. The van der Waals surface area contributed by atoms with Crippen LogP contribution in [0.25, 0.3) is 0 Å². The summed E-state index contributed by atoms with van der Waals surface area (Å²) in [4.78, 5) is 1.43. The van der Waals surface area contributed by atoms with Gasteiger partial charge < -0.3 is 0 Å². The predicted octanol–water partition coefficient (Wildman–Crippen LogP) is 4.94. The van der Waals surface area contributed by atoms with Crippen molar-refractivity contribution >= 4 is 39.0 Å². The van der Waals surface area contributed by atoms with E-state index in [9.17, 15) is 0 Å². The van der Waals surface area contributed by atoms with Crippen LogP contribution >= 0.6 is 39.0 Å². The zero-order chi connectivity index (χ0) is 10.5. The minimum atomic E-state index is 1.09. The van der Waals surface area contributed by atoms with Crippen LogP contribution in [0.3, 0.4) is 0 Å². The van der Waals surface area contributed by atoms with Crippen molar-refractivity contribution in [1.82, 2.24) is 0 Å². The Balaban J connectivity index is 1.80. The van der Waals surface area contributed by atoms with Crippen molar-refractivity contribution in [1.29, 1.82) is 0 Å². The van der Waals surface area contributed by atoms with E-state index in [1.165, 1.54) is 14.9 Å². The number of rotatable bonds is 4. The Morgan fingerprint density at radius 1 is 1.13 bits per heavy atom. The Morgan fingerprint density at radius 3 is 2.60 bits per heavy atom. The van der Waals surface area contributed by atoms with Gasteiger partial charge in [0.05, 0.1) is 0 Å². The maximum absolute atomic E-state index is 3.47. The van der Waals surface area contributed by atoms with E-state index in [0.29, 0.717) is 0 Å². The molecule has 2 rings (SSSR count). The number of hydrogen-bond donors (Lipinski definition) is 0. The summed E-state index contributed by atoms with van der Waals surface area (Å²) >= 11 is 7.25. The minimum Gasteiger partial charge on any atom is -0.152 e. The molecule has 1 aromatic carbocycles. The molecule has 0 saturated heterocycles. The monoisotopic (exact) mass is 298 g/mol. The van der Waals surface area contributed by atoms with E-state index in [1.54, 1.807) is 0 Å². The van der Waals surface area contributed by atoms with Gasteiger partial charge >= 0.3 is 0 Å². The van der Waals surface area contributed by atoms with Crippen molar-refractivity contribution in [3.63, 3.8) is 0 Å². The van der Waals surface area contributed by atoms with Gasteiger partial charge in [-0.1, -0.05) is 30.3 Å². The number of thioether (sulfide) groups is 1. The molecule has 0 N–H and O–H groups in total. The highest BCUT2D eigenvalue weighted by Gasteiger charge is 1.98. The molecule has 0 saturated carbocycles. The van der Waals surface area contributed by atoms with Crippen LogP contribution in [0.15, 0.2) is 46.3 Å². The topological polar surface area (TPSA) is 0 Å². The second-order valence-electron chi connectivity index (χ2n) is 3.21. The second kappa shape index (κ2) is 5.73. The molecule has 1 aromatic heterocycles.